The maximum absolute atomic E-state index is 13.4. The molecule has 2 aliphatic rings. The summed E-state index contributed by atoms with van der Waals surface area (Å²) in [6.45, 7) is 3.63. The first-order chi connectivity index (χ1) is 33.3. The van der Waals surface area contributed by atoms with Crippen LogP contribution < -0.4 is 18.9 Å². The lowest BCUT2D eigenvalue weighted by atomic mass is 9.80. The Morgan fingerprint density at radius 2 is 0.632 bits per heavy atom. The normalized spacial score (nSPS) is 12.9. The lowest BCUT2D eigenvalue weighted by Crippen LogP contribution is -2.20. The Balaban J connectivity index is 0.826. The third kappa shape index (κ3) is 10.0. The van der Waals surface area contributed by atoms with Gasteiger partial charge in [-0.1, -0.05) is 145 Å². The van der Waals surface area contributed by atoms with Crippen LogP contribution in [0.3, 0.4) is 0 Å². The molecule has 0 radical (unpaired) electrons. The van der Waals surface area contributed by atoms with E-state index in [0.29, 0.717) is 23.0 Å². The smallest absolute Gasteiger partial charge is 0.349 e. The van der Waals surface area contributed by atoms with Crippen LogP contribution in [0.5, 0.6) is 23.0 Å². The fourth-order valence-electron chi connectivity index (χ4n) is 9.63. The van der Waals surface area contributed by atoms with E-state index in [9.17, 15) is 9.59 Å². The van der Waals surface area contributed by atoms with Crippen molar-refractivity contribution in [2.75, 3.05) is 13.2 Å². The Bertz CT molecular complexity index is 2850. The quantitative estimate of drug-likeness (QED) is 0.0848. The summed E-state index contributed by atoms with van der Waals surface area (Å²) in [6.07, 6.45) is 8.01. The molecule has 0 N–H and O–H groups in total. The van der Waals surface area contributed by atoms with Crippen molar-refractivity contribution in [1.29, 1.82) is 0 Å². The number of rotatable bonds is 13. The Morgan fingerprint density at radius 1 is 0.353 bits per heavy atom. The number of ether oxygens (including phenoxy) is 4. The molecule has 6 nitrogen and oxygen atoms in total. The van der Waals surface area contributed by atoms with Crippen LogP contribution in [0.4, 0.5) is 0 Å². The summed E-state index contributed by atoms with van der Waals surface area (Å²) in [7, 11) is 0. The zero-order valence-corrected chi connectivity index (χ0v) is 38.7. The van der Waals surface area contributed by atoms with Gasteiger partial charge in [0.15, 0.2) is 13.2 Å². The Hall–Kier alpha value is -7.70. The summed E-state index contributed by atoms with van der Waals surface area (Å²) in [4.78, 5) is 26.9. The summed E-state index contributed by atoms with van der Waals surface area (Å²) in [5.74, 6) is 1.10. The van der Waals surface area contributed by atoms with Gasteiger partial charge in [-0.2, -0.15) is 0 Å². The van der Waals surface area contributed by atoms with Crippen LogP contribution in [-0.2, 0) is 35.3 Å². The van der Waals surface area contributed by atoms with E-state index in [-0.39, 0.29) is 13.2 Å². The molecule has 2 aliphatic carbocycles. The van der Waals surface area contributed by atoms with Gasteiger partial charge in [-0.15, -0.1) is 0 Å². The number of hydrogen-bond acceptors (Lipinski definition) is 6. The van der Waals surface area contributed by atoms with Crippen molar-refractivity contribution in [1.82, 2.24) is 0 Å². The lowest BCUT2D eigenvalue weighted by Gasteiger charge is -2.27. The average Bonchev–Trinajstić information content (AvgIpc) is 3.38. The molecule has 0 bridgehead atoms. The van der Waals surface area contributed by atoms with Gasteiger partial charge in [0, 0.05) is 11.1 Å². The molecule has 0 spiro atoms. The maximum Gasteiger partial charge on any atom is 0.349 e. The predicted octanol–water partition coefficient (Wildman–Crippen LogP) is 14.4. The molecule has 0 saturated carbocycles. The van der Waals surface area contributed by atoms with Gasteiger partial charge in [0.1, 0.15) is 23.0 Å². The molecular weight excluding hydrogens is 841 g/mol. The predicted molar refractivity (Wildman–Crippen MR) is 272 cm³/mol. The largest absolute Gasteiger partial charge is 0.481 e. The van der Waals surface area contributed by atoms with Gasteiger partial charge in [-0.3, -0.25) is 0 Å². The van der Waals surface area contributed by atoms with Crippen LogP contribution in [0.15, 0.2) is 170 Å². The Morgan fingerprint density at radius 3 is 0.956 bits per heavy atom. The van der Waals surface area contributed by atoms with E-state index in [2.05, 4.69) is 123 Å². The van der Waals surface area contributed by atoms with E-state index in [1.165, 1.54) is 44.5 Å². The minimum atomic E-state index is -0.498. The second-order valence-corrected chi connectivity index (χ2v) is 18.0. The van der Waals surface area contributed by atoms with Crippen molar-refractivity contribution in [3.8, 4) is 78.6 Å². The number of esters is 2. The van der Waals surface area contributed by atoms with E-state index in [1.54, 1.807) is 0 Å². The molecule has 0 fully saturated rings. The van der Waals surface area contributed by atoms with E-state index in [0.717, 1.165) is 95.9 Å². The standard InChI is InChI=1S/C62H54O6/c1-41-11-15-43(16-12-41)45-19-23-47(24-20-45)49-27-33-53(34-28-49)67-59(63)39-65-57-37-31-51-7-3-5-9-55(51)61(57)62-56-10-6-4-8-52(56)32-38-58(62)66-40-60(64)68-54-35-29-50(30-36-54)48-25-21-46(22-26-48)44-17-13-42(2)14-18-44/h11-38H,3-10,39-40H2,1-2H3. The zero-order chi connectivity index (χ0) is 46.4. The van der Waals surface area contributed by atoms with Gasteiger partial charge in [-0.25, -0.2) is 9.59 Å². The van der Waals surface area contributed by atoms with Crippen LogP contribution in [0.1, 0.15) is 59.1 Å². The molecule has 6 heteroatoms. The molecule has 10 rings (SSSR count). The van der Waals surface area contributed by atoms with Crippen molar-refractivity contribution in [3.63, 3.8) is 0 Å². The Kier molecular flexibility index (Phi) is 13.0. The van der Waals surface area contributed by atoms with Gasteiger partial charge in [-0.05, 0) is 168 Å². The highest BCUT2D eigenvalue weighted by Gasteiger charge is 2.27. The second kappa shape index (κ2) is 20.0. The van der Waals surface area contributed by atoms with Crippen LogP contribution in [0.2, 0.25) is 0 Å². The van der Waals surface area contributed by atoms with E-state index < -0.39 is 11.9 Å². The third-order valence-corrected chi connectivity index (χ3v) is 13.3. The summed E-state index contributed by atoms with van der Waals surface area (Å²) >= 11 is 0. The third-order valence-electron chi connectivity index (χ3n) is 13.3. The molecule has 8 aromatic rings. The number of fused-ring (bicyclic) bond motifs is 2. The second-order valence-electron chi connectivity index (χ2n) is 18.0. The number of hydrogen-bond donors (Lipinski definition) is 0. The topological polar surface area (TPSA) is 71.1 Å². The molecule has 0 aliphatic heterocycles. The first-order valence-electron chi connectivity index (χ1n) is 23.8. The molecular formula is C62H54O6. The summed E-state index contributed by atoms with van der Waals surface area (Å²) in [5.41, 5.74) is 18.2. The van der Waals surface area contributed by atoms with Crippen LogP contribution in [0, 0.1) is 13.8 Å². The molecule has 8 aromatic carbocycles. The fraction of sp³-hybridized carbons (Fsp3) is 0.194. The molecule has 0 aromatic heterocycles. The van der Waals surface area contributed by atoms with Crippen LogP contribution in [-0.4, -0.2) is 25.2 Å². The maximum atomic E-state index is 13.4. The molecule has 0 saturated heterocycles. The fourth-order valence-corrected chi connectivity index (χ4v) is 9.63. The summed E-state index contributed by atoms with van der Waals surface area (Å²) in [6, 6.07) is 57.3. The Labute approximate surface area is 399 Å². The van der Waals surface area contributed by atoms with E-state index in [1.807, 2.05) is 60.7 Å². The first-order valence-corrected chi connectivity index (χ1v) is 23.8. The van der Waals surface area contributed by atoms with Crippen LogP contribution in [0.25, 0.3) is 55.6 Å². The van der Waals surface area contributed by atoms with Crippen molar-refractivity contribution in [3.05, 3.63) is 203 Å². The van der Waals surface area contributed by atoms with Crippen molar-refractivity contribution >= 4 is 11.9 Å². The monoisotopic (exact) mass is 894 g/mol. The number of aryl methyl sites for hydroxylation is 4. The van der Waals surface area contributed by atoms with Gasteiger partial charge >= 0.3 is 11.9 Å². The van der Waals surface area contributed by atoms with Crippen molar-refractivity contribution in [2.45, 2.75) is 65.2 Å². The van der Waals surface area contributed by atoms with E-state index >= 15 is 0 Å². The number of carbonyl (C=O) groups excluding carboxylic acids is 2. The van der Waals surface area contributed by atoms with Gasteiger partial charge in [0.2, 0.25) is 0 Å². The van der Waals surface area contributed by atoms with Crippen molar-refractivity contribution < 1.29 is 28.5 Å². The first kappa shape index (κ1) is 44.2. The molecule has 0 heterocycles. The highest BCUT2D eigenvalue weighted by Crippen LogP contribution is 2.47. The van der Waals surface area contributed by atoms with Gasteiger partial charge in [0.05, 0.1) is 0 Å². The zero-order valence-electron chi connectivity index (χ0n) is 38.7. The minimum absolute atomic E-state index is 0.275. The summed E-state index contributed by atoms with van der Waals surface area (Å²) in [5, 5.41) is 0. The molecule has 338 valence electrons. The average molecular weight is 895 g/mol. The van der Waals surface area contributed by atoms with Crippen LogP contribution >= 0.6 is 0 Å². The number of carbonyl (C=O) groups is 2. The summed E-state index contributed by atoms with van der Waals surface area (Å²) < 4.78 is 24.5. The molecule has 0 unspecified atom stereocenters. The highest BCUT2D eigenvalue weighted by molar-refractivity contribution is 5.85. The lowest BCUT2D eigenvalue weighted by molar-refractivity contribution is -0.137. The molecule has 68 heavy (non-hydrogen) atoms. The van der Waals surface area contributed by atoms with Crippen molar-refractivity contribution in [2.24, 2.45) is 0 Å². The molecule has 0 atom stereocenters. The van der Waals surface area contributed by atoms with Gasteiger partial charge in [0.25, 0.3) is 0 Å². The number of benzene rings is 8. The van der Waals surface area contributed by atoms with Gasteiger partial charge < -0.3 is 18.9 Å². The minimum Gasteiger partial charge on any atom is -0.481 e. The van der Waals surface area contributed by atoms with E-state index in [4.69, 9.17) is 18.9 Å². The molecule has 0 amide bonds. The highest BCUT2D eigenvalue weighted by atomic mass is 16.6. The SMILES string of the molecule is Cc1ccc(-c2ccc(-c3ccc(OC(=O)COc4ccc5c(c4-c4c(OCC(=O)Oc6ccc(-c7ccc(-c8ccc(C)cc8)cc7)cc6)ccc6c4CCCC6)CCCC5)cc3)cc2)cc1.